The normalized spacial score (nSPS) is 21.6. The SMILES string of the molecule is C.CC1=Nc2c(Nc3ccc(C4=NC(C)(C)CO4)cc3S(C)(=O)=O)cc(CC(=O)[C@H]3C[C@H]3F)nc2C1. The van der Waals surface area contributed by atoms with Crippen molar-refractivity contribution in [3.8, 4) is 0 Å². The number of carbonyl (C=O) groups is 1. The number of anilines is 2. The first kappa shape index (κ1) is 25.9. The highest BCUT2D eigenvalue weighted by Gasteiger charge is 2.43. The summed E-state index contributed by atoms with van der Waals surface area (Å²) in [7, 11) is -3.62. The lowest BCUT2D eigenvalue weighted by atomic mass is 10.1. The van der Waals surface area contributed by atoms with Gasteiger partial charge in [0.25, 0.3) is 0 Å². The van der Waals surface area contributed by atoms with Crippen molar-refractivity contribution in [2.45, 2.75) is 64.1 Å². The lowest BCUT2D eigenvalue weighted by Crippen LogP contribution is -2.17. The smallest absolute Gasteiger partial charge is 0.216 e. The van der Waals surface area contributed by atoms with Gasteiger partial charge >= 0.3 is 0 Å². The second kappa shape index (κ2) is 9.06. The molecule has 1 aliphatic carbocycles. The van der Waals surface area contributed by atoms with E-state index in [2.05, 4.69) is 20.3 Å². The third-order valence-corrected chi connectivity index (χ3v) is 7.33. The van der Waals surface area contributed by atoms with Crippen LogP contribution in [0.2, 0.25) is 0 Å². The van der Waals surface area contributed by atoms with Gasteiger partial charge in [0.2, 0.25) is 5.90 Å². The van der Waals surface area contributed by atoms with E-state index >= 15 is 0 Å². The number of hydrogen-bond acceptors (Lipinski definition) is 8. The van der Waals surface area contributed by atoms with Crippen LogP contribution in [0.3, 0.4) is 0 Å². The summed E-state index contributed by atoms with van der Waals surface area (Å²) in [5.41, 5.74) is 3.81. The molecule has 36 heavy (non-hydrogen) atoms. The summed E-state index contributed by atoms with van der Waals surface area (Å²) in [6, 6.07) is 6.67. The van der Waals surface area contributed by atoms with Crippen molar-refractivity contribution in [3.05, 3.63) is 41.2 Å². The van der Waals surface area contributed by atoms with Crippen molar-refractivity contribution in [2.24, 2.45) is 15.9 Å². The Hall–Kier alpha value is -3.14. The number of aromatic nitrogens is 1. The number of nitrogens with one attached hydrogen (secondary N) is 1. The minimum absolute atomic E-state index is 0. The number of rotatable bonds is 7. The van der Waals surface area contributed by atoms with E-state index in [9.17, 15) is 17.6 Å². The summed E-state index contributed by atoms with van der Waals surface area (Å²) < 4.78 is 44.5. The van der Waals surface area contributed by atoms with E-state index in [4.69, 9.17) is 4.74 Å². The average molecular weight is 515 g/mol. The molecule has 3 heterocycles. The Labute approximate surface area is 211 Å². The molecule has 8 nitrogen and oxygen atoms in total. The number of fused-ring (bicyclic) bond motifs is 1. The van der Waals surface area contributed by atoms with Crippen LogP contribution in [0.1, 0.15) is 51.6 Å². The molecule has 3 aliphatic rings. The number of halogens is 1. The number of ketones is 1. The van der Waals surface area contributed by atoms with Gasteiger partial charge in [-0.05, 0) is 51.5 Å². The lowest BCUT2D eigenvalue weighted by Gasteiger charge is -2.15. The fourth-order valence-electron chi connectivity index (χ4n) is 4.31. The van der Waals surface area contributed by atoms with Crippen LogP contribution in [0.5, 0.6) is 0 Å². The Morgan fingerprint density at radius 2 is 1.97 bits per heavy atom. The summed E-state index contributed by atoms with van der Waals surface area (Å²) in [5.74, 6) is -0.314. The predicted octanol–water partition coefficient (Wildman–Crippen LogP) is 4.54. The first-order valence-corrected chi connectivity index (χ1v) is 13.4. The Bertz CT molecular complexity index is 1420. The number of alkyl halides is 1. The molecule has 192 valence electrons. The molecule has 0 amide bonds. The first-order chi connectivity index (χ1) is 16.4. The highest BCUT2D eigenvalue weighted by Crippen LogP contribution is 2.39. The Morgan fingerprint density at radius 1 is 1.25 bits per heavy atom. The van der Waals surface area contributed by atoms with Gasteiger partial charge in [0.15, 0.2) is 9.84 Å². The summed E-state index contributed by atoms with van der Waals surface area (Å²) in [6.45, 7) is 6.19. The monoisotopic (exact) mass is 514 g/mol. The van der Waals surface area contributed by atoms with E-state index in [1.54, 1.807) is 24.3 Å². The second-order valence-corrected chi connectivity index (χ2v) is 12.1. The first-order valence-electron chi connectivity index (χ1n) is 11.5. The molecule has 10 heteroatoms. The van der Waals surface area contributed by atoms with Gasteiger partial charge in [0.05, 0.1) is 39.1 Å². The molecular formula is C26H31FN4O4S. The van der Waals surface area contributed by atoms with Gasteiger partial charge in [-0.1, -0.05) is 7.43 Å². The maximum atomic E-state index is 13.4. The molecule has 2 atom stereocenters. The van der Waals surface area contributed by atoms with Crippen molar-refractivity contribution < 1.29 is 22.3 Å². The fourth-order valence-corrected chi connectivity index (χ4v) is 5.16. The van der Waals surface area contributed by atoms with Crippen molar-refractivity contribution >= 4 is 44.3 Å². The van der Waals surface area contributed by atoms with Crippen molar-refractivity contribution in [3.63, 3.8) is 0 Å². The van der Waals surface area contributed by atoms with Gasteiger partial charge in [0.1, 0.15) is 24.2 Å². The van der Waals surface area contributed by atoms with E-state index in [0.717, 1.165) is 12.0 Å². The zero-order chi connectivity index (χ0) is 25.1. The summed E-state index contributed by atoms with van der Waals surface area (Å²) in [6.07, 6.45) is 0.913. The summed E-state index contributed by atoms with van der Waals surface area (Å²) >= 11 is 0. The Balaban J connectivity index is 0.00000304. The van der Waals surface area contributed by atoms with Crippen LogP contribution in [-0.4, -0.2) is 55.4 Å². The number of nitrogens with zero attached hydrogens (tertiary/aromatic N) is 3. The Kier molecular flexibility index (Phi) is 6.53. The Morgan fingerprint density at radius 3 is 2.58 bits per heavy atom. The molecule has 0 bridgehead atoms. The van der Waals surface area contributed by atoms with E-state index in [-0.39, 0.29) is 36.5 Å². The number of aliphatic imine (C=N–C) groups is 2. The molecule has 0 radical (unpaired) electrons. The second-order valence-electron chi connectivity index (χ2n) is 10.1. The van der Waals surface area contributed by atoms with Crippen LogP contribution in [0.25, 0.3) is 0 Å². The molecule has 0 saturated heterocycles. The quantitative estimate of drug-likeness (QED) is 0.581. The molecule has 2 aliphatic heterocycles. The van der Waals surface area contributed by atoms with E-state index in [0.29, 0.717) is 52.9 Å². The van der Waals surface area contributed by atoms with Gasteiger partial charge in [-0.15, -0.1) is 0 Å². The van der Waals surface area contributed by atoms with Gasteiger partial charge in [-0.25, -0.2) is 17.8 Å². The van der Waals surface area contributed by atoms with Crippen molar-refractivity contribution in [1.29, 1.82) is 0 Å². The largest absolute Gasteiger partial charge is 0.475 e. The maximum absolute atomic E-state index is 13.4. The van der Waals surface area contributed by atoms with E-state index < -0.39 is 21.9 Å². The zero-order valence-corrected chi connectivity index (χ0v) is 20.9. The van der Waals surface area contributed by atoms with Crippen LogP contribution >= 0.6 is 0 Å². The van der Waals surface area contributed by atoms with Crippen LogP contribution in [0.4, 0.5) is 21.5 Å². The molecule has 1 fully saturated rings. The third kappa shape index (κ3) is 5.18. The zero-order valence-electron chi connectivity index (χ0n) is 20.1. The van der Waals surface area contributed by atoms with Crippen LogP contribution in [0.15, 0.2) is 39.1 Å². The molecule has 0 spiro atoms. The molecule has 0 unspecified atom stereocenters. The number of sulfone groups is 1. The molecule has 1 N–H and O–H groups in total. The average Bonchev–Trinajstić information content (AvgIpc) is 3.20. The standard InChI is InChI=1S/C25H27FN4O4S.CH4/c1-13-7-19-23(27-13)20(9-15(28-19)10-21(31)16-11-17(16)26)29-18-6-5-14(8-22(18)35(4,32)33)24-30-25(2,3)12-34-24;/h5-6,8-9,16-17H,7,10-12H2,1-4H3,(H,28,29);1H4/t16-,17+;/m0./s1. The number of carbonyl (C=O) groups excluding carboxylic acids is 1. The van der Waals surface area contributed by atoms with Crippen molar-refractivity contribution in [2.75, 3.05) is 18.2 Å². The molecular weight excluding hydrogens is 483 g/mol. The van der Waals surface area contributed by atoms with Gasteiger partial charge in [-0.2, -0.15) is 0 Å². The van der Waals surface area contributed by atoms with Crippen LogP contribution < -0.4 is 5.32 Å². The number of Topliss-reactive ketones (excluding diaryl/α,β-unsaturated/α-hetero) is 1. The number of pyridine rings is 1. The number of hydrogen-bond donors (Lipinski definition) is 1. The molecule has 5 rings (SSSR count). The number of benzene rings is 1. The minimum Gasteiger partial charge on any atom is -0.475 e. The third-order valence-electron chi connectivity index (χ3n) is 6.19. The van der Waals surface area contributed by atoms with E-state index in [1.807, 2.05) is 20.8 Å². The van der Waals surface area contributed by atoms with Gasteiger partial charge in [-0.3, -0.25) is 14.8 Å². The topological polar surface area (TPSA) is 110 Å². The summed E-state index contributed by atoms with van der Waals surface area (Å²) in [4.78, 5) is 26.2. The van der Waals surface area contributed by atoms with Gasteiger partial charge in [0, 0.05) is 30.4 Å². The van der Waals surface area contributed by atoms with E-state index in [1.165, 1.54) is 0 Å². The predicted molar refractivity (Wildman–Crippen MR) is 139 cm³/mol. The minimum atomic E-state index is -3.62. The van der Waals surface area contributed by atoms with Gasteiger partial charge < -0.3 is 10.1 Å². The lowest BCUT2D eigenvalue weighted by molar-refractivity contribution is -0.120. The fraction of sp³-hybridized carbons (Fsp3) is 0.462. The van der Waals surface area contributed by atoms with Crippen LogP contribution in [0, 0.1) is 5.92 Å². The van der Waals surface area contributed by atoms with Crippen LogP contribution in [-0.2, 0) is 32.2 Å². The highest BCUT2D eigenvalue weighted by molar-refractivity contribution is 7.90. The molecule has 1 aromatic carbocycles. The number of ether oxygens (including phenoxy) is 1. The molecule has 2 aromatic rings. The molecule has 1 aromatic heterocycles. The highest BCUT2D eigenvalue weighted by atomic mass is 32.2. The maximum Gasteiger partial charge on any atom is 0.216 e. The van der Waals surface area contributed by atoms with Crippen molar-refractivity contribution in [1.82, 2.24) is 4.98 Å². The summed E-state index contributed by atoms with van der Waals surface area (Å²) in [5, 5.41) is 3.21. The molecule has 1 saturated carbocycles.